The average molecular weight is 512 g/mol. The highest BCUT2D eigenvalue weighted by atomic mass is 16.5. The average Bonchev–Trinajstić information content (AvgIpc) is 2.95. The van der Waals surface area contributed by atoms with Crippen molar-refractivity contribution < 1.29 is 19.1 Å². The first-order valence-corrected chi connectivity index (χ1v) is 13.3. The van der Waals surface area contributed by atoms with Crippen molar-refractivity contribution in [2.75, 3.05) is 38.1 Å². The van der Waals surface area contributed by atoms with Crippen LogP contribution in [0.4, 0.5) is 5.69 Å². The largest absolute Gasteiger partial charge is 0.461 e. The van der Waals surface area contributed by atoms with Crippen molar-refractivity contribution in [2.24, 2.45) is 0 Å². The summed E-state index contributed by atoms with van der Waals surface area (Å²) >= 11 is 0. The van der Waals surface area contributed by atoms with Crippen molar-refractivity contribution in [2.45, 2.75) is 32.2 Å². The van der Waals surface area contributed by atoms with Crippen molar-refractivity contribution in [3.8, 4) is 0 Å². The van der Waals surface area contributed by atoms with Gasteiger partial charge in [-0.25, -0.2) is 4.79 Å². The van der Waals surface area contributed by atoms with E-state index in [0.717, 1.165) is 30.6 Å². The highest BCUT2D eigenvalue weighted by Crippen LogP contribution is 2.46. The molecule has 0 saturated carbocycles. The van der Waals surface area contributed by atoms with Crippen LogP contribution in [0.3, 0.4) is 0 Å². The summed E-state index contributed by atoms with van der Waals surface area (Å²) in [5.41, 5.74) is 4.52. The first-order valence-electron chi connectivity index (χ1n) is 13.3. The molecule has 3 aromatic rings. The Labute approximate surface area is 223 Å². The molecule has 7 nitrogen and oxygen atoms in total. The first-order chi connectivity index (χ1) is 18.5. The van der Waals surface area contributed by atoms with E-state index in [-0.39, 0.29) is 23.8 Å². The first kappa shape index (κ1) is 25.7. The summed E-state index contributed by atoms with van der Waals surface area (Å²) in [7, 11) is 0. The number of esters is 1. The van der Waals surface area contributed by atoms with Gasteiger partial charge in [-0.15, -0.1) is 0 Å². The number of carbonyl (C=O) groups excluding carboxylic acids is 3. The Kier molecular flexibility index (Phi) is 7.56. The molecule has 0 saturated heterocycles. The number of nitrogens with one attached hydrogen (secondary N) is 1. The van der Waals surface area contributed by atoms with Crippen LogP contribution in [0.5, 0.6) is 0 Å². The Bertz CT molecular complexity index is 1330. The molecule has 2 aliphatic rings. The lowest BCUT2D eigenvalue weighted by Crippen LogP contribution is -2.49. The third-order valence-electron chi connectivity index (χ3n) is 7.64. The number of hydrogen-bond donors (Lipinski definition) is 1. The van der Waals surface area contributed by atoms with Crippen molar-refractivity contribution in [1.82, 2.24) is 9.80 Å². The third-order valence-corrected chi connectivity index (χ3v) is 7.64. The molecule has 0 aromatic heterocycles. The molecule has 2 aliphatic heterocycles. The number of hydrogen-bond acceptors (Lipinski definition) is 5. The Morgan fingerprint density at radius 3 is 2.37 bits per heavy atom. The molecule has 0 aliphatic carbocycles. The van der Waals surface area contributed by atoms with Crippen LogP contribution in [0.15, 0.2) is 72.8 Å². The highest BCUT2D eigenvalue weighted by molar-refractivity contribution is 6.04. The molecular formula is C31H33N3O4. The number of anilines is 1. The molecule has 0 bridgehead atoms. The lowest BCUT2D eigenvalue weighted by molar-refractivity contribution is -0.119. The van der Waals surface area contributed by atoms with Crippen LogP contribution in [0.25, 0.3) is 0 Å². The van der Waals surface area contributed by atoms with Gasteiger partial charge in [-0.1, -0.05) is 56.3 Å². The summed E-state index contributed by atoms with van der Waals surface area (Å²) in [5.74, 6) is -1.17. The van der Waals surface area contributed by atoms with E-state index in [9.17, 15) is 14.4 Å². The summed E-state index contributed by atoms with van der Waals surface area (Å²) in [4.78, 5) is 43.7. The molecule has 196 valence electrons. The molecule has 0 spiro atoms. The minimum atomic E-state index is -0.560. The second-order valence-electron chi connectivity index (χ2n) is 9.69. The van der Waals surface area contributed by atoms with Crippen molar-refractivity contribution in [1.29, 1.82) is 0 Å². The van der Waals surface area contributed by atoms with Gasteiger partial charge in [0.1, 0.15) is 6.61 Å². The Morgan fingerprint density at radius 2 is 1.63 bits per heavy atom. The van der Waals surface area contributed by atoms with E-state index in [4.69, 9.17) is 4.74 Å². The number of amides is 2. The van der Waals surface area contributed by atoms with Gasteiger partial charge in [0.15, 0.2) is 0 Å². The molecule has 0 radical (unpaired) electrons. The summed E-state index contributed by atoms with van der Waals surface area (Å²) in [6.45, 7) is 7.57. The fraction of sp³-hybridized carbons (Fsp3) is 0.323. The highest BCUT2D eigenvalue weighted by Gasteiger charge is 2.46. The Hall–Kier alpha value is -3.97. The van der Waals surface area contributed by atoms with E-state index >= 15 is 0 Å². The van der Waals surface area contributed by atoms with Gasteiger partial charge in [-0.3, -0.25) is 9.59 Å². The fourth-order valence-electron chi connectivity index (χ4n) is 5.56. The number of rotatable bonds is 8. The normalized spacial score (nSPS) is 17.9. The molecule has 2 amide bonds. The Balaban J connectivity index is 1.35. The number of carbonyl (C=O) groups is 3. The van der Waals surface area contributed by atoms with E-state index in [1.54, 1.807) is 30.3 Å². The Morgan fingerprint density at radius 1 is 0.947 bits per heavy atom. The van der Waals surface area contributed by atoms with Crippen LogP contribution in [0, 0.1) is 0 Å². The van der Waals surface area contributed by atoms with Crippen molar-refractivity contribution >= 4 is 23.5 Å². The van der Waals surface area contributed by atoms with Crippen LogP contribution >= 0.6 is 0 Å². The molecule has 2 heterocycles. The quantitative estimate of drug-likeness (QED) is 0.445. The lowest BCUT2D eigenvalue weighted by atomic mass is 9.76. The lowest BCUT2D eigenvalue weighted by Gasteiger charge is -2.45. The van der Waals surface area contributed by atoms with Crippen LogP contribution in [-0.2, 0) is 16.0 Å². The van der Waals surface area contributed by atoms with Crippen LogP contribution < -0.4 is 5.32 Å². The van der Waals surface area contributed by atoms with Gasteiger partial charge < -0.3 is 19.9 Å². The molecule has 38 heavy (non-hydrogen) atoms. The monoisotopic (exact) mass is 511 g/mol. The predicted octanol–water partition coefficient (Wildman–Crippen LogP) is 4.66. The van der Waals surface area contributed by atoms with Gasteiger partial charge in [-0.05, 0) is 66.5 Å². The number of nitrogens with zero attached hydrogens (tertiary/aromatic N) is 2. The number of fused-ring (bicyclic) bond motifs is 4. The second-order valence-corrected chi connectivity index (χ2v) is 9.69. The topological polar surface area (TPSA) is 79.0 Å². The summed E-state index contributed by atoms with van der Waals surface area (Å²) < 4.78 is 5.41. The molecule has 2 atom stereocenters. The van der Waals surface area contributed by atoms with Crippen molar-refractivity contribution in [3.05, 3.63) is 101 Å². The molecular weight excluding hydrogens is 478 g/mol. The molecule has 7 heteroatoms. The third kappa shape index (κ3) is 4.94. The smallest absolute Gasteiger partial charge is 0.338 e. The van der Waals surface area contributed by atoms with E-state index < -0.39 is 5.92 Å². The molecule has 3 aromatic carbocycles. The van der Waals surface area contributed by atoms with Gasteiger partial charge in [0.2, 0.25) is 5.91 Å². The number of benzene rings is 3. The minimum Gasteiger partial charge on any atom is -0.461 e. The zero-order valence-electron chi connectivity index (χ0n) is 21.9. The zero-order valence-corrected chi connectivity index (χ0v) is 21.9. The standard InChI is InChI=1S/C31H33N3O4/c1-3-33(4-2)19-20-38-31(37)22-13-15-23(16-14-22)32-29(35)27-25-11-7-8-12-26(25)30(36)34-18-17-21-9-5-6-10-24(21)28(27)34/h5-16,27-28H,3-4,17-20H2,1-2H3,(H,32,35)/t27-,28-/m1/s1. The molecule has 0 unspecified atom stereocenters. The predicted molar refractivity (Wildman–Crippen MR) is 146 cm³/mol. The summed E-state index contributed by atoms with van der Waals surface area (Å²) in [6.07, 6.45) is 0.765. The maximum absolute atomic E-state index is 13.8. The van der Waals surface area contributed by atoms with E-state index in [0.29, 0.717) is 36.5 Å². The molecule has 0 fully saturated rings. The zero-order chi connectivity index (χ0) is 26.6. The van der Waals surface area contributed by atoms with Gasteiger partial charge in [0.05, 0.1) is 17.5 Å². The maximum atomic E-state index is 13.8. The summed E-state index contributed by atoms with van der Waals surface area (Å²) in [6, 6.07) is 21.8. The number of ether oxygens (including phenoxy) is 1. The van der Waals surface area contributed by atoms with E-state index in [1.165, 1.54) is 5.56 Å². The maximum Gasteiger partial charge on any atom is 0.338 e. The summed E-state index contributed by atoms with van der Waals surface area (Å²) in [5, 5.41) is 3.03. The van der Waals surface area contributed by atoms with Crippen molar-refractivity contribution in [3.63, 3.8) is 0 Å². The van der Waals surface area contributed by atoms with Gasteiger partial charge in [-0.2, -0.15) is 0 Å². The van der Waals surface area contributed by atoms with E-state index in [2.05, 4.69) is 30.1 Å². The van der Waals surface area contributed by atoms with Crippen LogP contribution in [0.2, 0.25) is 0 Å². The van der Waals surface area contributed by atoms with Crippen LogP contribution in [0.1, 0.15) is 63.2 Å². The van der Waals surface area contributed by atoms with E-state index in [1.807, 2.05) is 41.3 Å². The molecule has 1 N–H and O–H groups in total. The van der Waals surface area contributed by atoms with Gasteiger partial charge >= 0.3 is 5.97 Å². The fourth-order valence-corrected chi connectivity index (χ4v) is 5.56. The minimum absolute atomic E-state index is 0.0342. The van der Waals surface area contributed by atoms with Gasteiger partial charge in [0, 0.05) is 24.3 Å². The second kappa shape index (κ2) is 11.2. The van der Waals surface area contributed by atoms with Gasteiger partial charge in [0.25, 0.3) is 5.91 Å². The number of likely N-dealkylation sites (N-methyl/N-ethyl adjacent to an activating group) is 1. The van der Waals surface area contributed by atoms with Crippen LogP contribution in [-0.4, -0.2) is 60.4 Å². The SMILES string of the molecule is CCN(CC)CCOC(=O)c1ccc(NC(=O)[C@@H]2c3ccccc3C(=O)N3CCc4ccccc4[C@H]23)cc1. The molecule has 5 rings (SSSR count).